The number of methoxy groups -OCH3 is 1. The van der Waals surface area contributed by atoms with Crippen LogP contribution in [0, 0.1) is 0 Å². The summed E-state index contributed by atoms with van der Waals surface area (Å²) in [7, 11) is 1.53. The van der Waals surface area contributed by atoms with E-state index in [1.54, 1.807) is 48.5 Å². The quantitative estimate of drug-likeness (QED) is 0.817. The Labute approximate surface area is 158 Å². The van der Waals surface area contributed by atoms with E-state index < -0.39 is 18.4 Å². The van der Waals surface area contributed by atoms with E-state index in [9.17, 15) is 23.1 Å². The highest BCUT2D eigenvalue weighted by Crippen LogP contribution is 2.38. The van der Waals surface area contributed by atoms with Crippen molar-refractivity contribution in [3.8, 4) is 5.75 Å². The number of benzene rings is 2. The van der Waals surface area contributed by atoms with Gasteiger partial charge in [-0.15, -0.1) is 0 Å². The molecule has 148 valence electrons. The fraction of sp³-hybridized carbons (Fsp3) is 0.263. The molecule has 2 aromatic carbocycles. The van der Waals surface area contributed by atoms with Gasteiger partial charge in [0.2, 0.25) is 0 Å². The van der Waals surface area contributed by atoms with Crippen LogP contribution in [0.5, 0.6) is 5.75 Å². The number of carbonyl (C=O) groups excluding carboxylic acids is 1. The maximum absolute atomic E-state index is 12.8. The molecule has 0 saturated carbocycles. The van der Waals surface area contributed by atoms with E-state index in [0.29, 0.717) is 22.4 Å². The van der Waals surface area contributed by atoms with Crippen LogP contribution in [-0.2, 0) is 11.4 Å². The molecule has 0 fully saturated rings. The zero-order valence-electron chi connectivity index (χ0n) is 14.8. The Morgan fingerprint density at radius 3 is 2.61 bits per heavy atom. The molecule has 0 radical (unpaired) electrons. The first kappa shape index (κ1) is 19.7. The lowest BCUT2D eigenvalue weighted by molar-refractivity contribution is -0.355. The number of hydrogen-bond donors (Lipinski definition) is 2. The lowest BCUT2D eigenvalue weighted by Gasteiger charge is -2.22. The normalized spacial score (nSPS) is 19.0. The van der Waals surface area contributed by atoms with E-state index in [2.05, 4.69) is 15.3 Å². The molecule has 28 heavy (non-hydrogen) atoms. The second-order valence-corrected chi connectivity index (χ2v) is 6.20. The summed E-state index contributed by atoms with van der Waals surface area (Å²) in [6.45, 7) is 0.163. The maximum Gasteiger partial charge on any atom is 0.458 e. The van der Waals surface area contributed by atoms with Crippen molar-refractivity contribution < 1.29 is 32.6 Å². The number of rotatable bonds is 5. The van der Waals surface area contributed by atoms with E-state index in [4.69, 9.17) is 4.74 Å². The zero-order chi connectivity index (χ0) is 20.4. The van der Waals surface area contributed by atoms with Gasteiger partial charge in [-0.05, 0) is 41.5 Å². The molecule has 1 atom stereocenters. The number of amides is 1. The topological polar surface area (TPSA) is 80.2 Å². The van der Waals surface area contributed by atoms with Gasteiger partial charge in [-0.3, -0.25) is 4.79 Å². The van der Waals surface area contributed by atoms with Crippen molar-refractivity contribution >= 4 is 11.6 Å². The van der Waals surface area contributed by atoms with Crippen LogP contribution in [0.4, 0.5) is 13.2 Å². The molecule has 0 spiro atoms. The average molecular weight is 394 g/mol. The fourth-order valence-electron chi connectivity index (χ4n) is 2.62. The summed E-state index contributed by atoms with van der Waals surface area (Å²) in [6, 6.07) is 13.0. The summed E-state index contributed by atoms with van der Waals surface area (Å²) < 4.78 is 43.5. The van der Waals surface area contributed by atoms with Gasteiger partial charge in [0.05, 0.1) is 19.2 Å². The average Bonchev–Trinajstić information content (AvgIpc) is 3.10. The van der Waals surface area contributed by atoms with Gasteiger partial charge in [-0.25, -0.2) is 0 Å². The van der Waals surface area contributed by atoms with Gasteiger partial charge < -0.3 is 20.0 Å². The summed E-state index contributed by atoms with van der Waals surface area (Å²) in [4.78, 5) is 16.4. The molecule has 0 bridgehead atoms. The van der Waals surface area contributed by atoms with Gasteiger partial charge >= 0.3 is 12.0 Å². The smallest absolute Gasteiger partial charge is 0.458 e. The SMILES string of the molecule is COc1ccc(C(=O)NCc2cccc(C3=NOC(O)(C(F)(F)F)C3)c2)cc1. The molecule has 3 rings (SSSR count). The number of ether oxygens (including phenoxy) is 1. The fourth-order valence-corrected chi connectivity index (χ4v) is 2.62. The van der Waals surface area contributed by atoms with Gasteiger partial charge in [-0.2, -0.15) is 13.2 Å². The standard InChI is InChI=1S/C19H17F3N2O4/c1-27-15-7-5-13(6-8-15)17(25)23-11-12-3-2-4-14(9-12)16-10-18(26,28-24-16)19(20,21)22/h2-9,26H,10-11H2,1H3,(H,23,25). The molecule has 2 aromatic rings. The molecule has 1 amide bonds. The Bertz CT molecular complexity index is 897. The van der Waals surface area contributed by atoms with Gasteiger partial charge in [0.1, 0.15) is 5.75 Å². The molecule has 1 heterocycles. The van der Waals surface area contributed by atoms with Gasteiger partial charge in [0.15, 0.2) is 0 Å². The van der Waals surface area contributed by atoms with Crippen molar-refractivity contribution in [3.63, 3.8) is 0 Å². The zero-order valence-corrected chi connectivity index (χ0v) is 14.8. The van der Waals surface area contributed by atoms with E-state index in [1.807, 2.05) is 0 Å². The molecule has 9 heteroatoms. The number of nitrogens with zero attached hydrogens (tertiary/aromatic N) is 1. The lowest BCUT2D eigenvalue weighted by atomic mass is 10.0. The van der Waals surface area contributed by atoms with Crippen LogP contribution < -0.4 is 10.1 Å². The molecule has 0 aliphatic carbocycles. The van der Waals surface area contributed by atoms with Gasteiger partial charge in [-0.1, -0.05) is 23.4 Å². The van der Waals surface area contributed by atoms with Crippen LogP contribution in [0.15, 0.2) is 53.7 Å². The third kappa shape index (κ3) is 4.09. The van der Waals surface area contributed by atoms with Crippen molar-refractivity contribution in [2.45, 2.75) is 24.9 Å². The van der Waals surface area contributed by atoms with Crippen molar-refractivity contribution in [1.82, 2.24) is 5.32 Å². The second kappa shape index (κ2) is 7.51. The second-order valence-electron chi connectivity index (χ2n) is 6.20. The van der Waals surface area contributed by atoms with Gasteiger partial charge in [0, 0.05) is 12.1 Å². The third-order valence-electron chi connectivity index (χ3n) is 4.22. The first-order chi connectivity index (χ1) is 13.2. The van der Waals surface area contributed by atoms with E-state index in [1.165, 1.54) is 7.11 Å². The predicted octanol–water partition coefficient (Wildman–Crippen LogP) is 3.00. The Balaban J connectivity index is 1.65. The third-order valence-corrected chi connectivity index (χ3v) is 4.22. The van der Waals surface area contributed by atoms with Crippen LogP contribution in [0.25, 0.3) is 0 Å². The molecule has 1 aliphatic heterocycles. The minimum absolute atomic E-state index is 0.0249. The molecule has 1 aliphatic rings. The van der Waals surface area contributed by atoms with Crippen LogP contribution in [-0.4, -0.2) is 35.8 Å². The first-order valence-corrected chi connectivity index (χ1v) is 8.27. The van der Waals surface area contributed by atoms with Crippen LogP contribution in [0.1, 0.15) is 27.9 Å². The summed E-state index contributed by atoms with van der Waals surface area (Å²) in [5, 5.41) is 15.6. The monoisotopic (exact) mass is 394 g/mol. The minimum atomic E-state index is -4.96. The molecule has 1 unspecified atom stereocenters. The largest absolute Gasteiger partial charge is 0.497 e. The molecular formula is C19H17F3N2O4. The van der Waals surface area contributed by atoms with Crippen molar-refractivity contribution in [2.24, 2.45) is 5.16 Å². The predicted molar refractivity (Wildman–Crippen MR) is 93.9 cm³/mol. The van der Waals surface area contributed by atoms with E-state index >= 15 is 0 Å². The summed E-state index contributed by atoms with van der Waals surface area (Å²) in [6.07, 6.45) is -5.76. The Morgan fingerprint density at radius 2 is 2.00 bits per heavy atom. The number of carbonyl (C=O) groups is 1. The highest BCUT2D eigenvalue weighted by molar-refractivity contribution is 6.01. The highest BCUT2D eigenvalue weighted by atomic mass is 19.4. The molecular weight excluding hydrogens is 377 g/mol. The number of hydrogen-bond acceptors (Lipinski definition) is 5. The van der Waals surface area contributed by atoms with Gasteiger partial charge in [0.25, 0.3) is 5.91 Å². The highest BCUT2D eigenvalue weighted by Gasteiger charge is 2.60. The number of halogens is 3. The summed E-state index contributed by atoms with van der Waals surface area (Å²) in [5.74, 6) is -3.00. The number of alkyl halides is 3. The van der Waals surface area contributed by atoms with Crippen molar-refractivity contribution in [2.75, 3.05) is 7.11 Å². The minimum Gasteiger partial charge on any atom is -0.497 e. The number of nitrogens with one attached hydrogen (secondary N) is 1. The van der Waals surface area contributed by atoms with Crippen molar-refractivity contribution in [3.05, 3.63) is 65.2 Å². The van der Waals surface area contributed by atoms with E-state index in [0.717, 1.165) is 0 Å². The lowest BCUT2D eigenvalue weighted by Crippen LogP contribution is -2.45. The Morgan fingerprint density at radius 1 is 1.29 bits per heavy atom. The summed E-state index contributed by atoms with van der Waals surface area (Å²) >= 11 is 0. The maximum atomic E-state index is 12.8. The molecule has 2 N–H and O–H groups in total. The molecule has 6 nitrogen and oxygen atoms in total. The van der Waals surface area contributed by atoms with E-state index in [-0.39, 0.29) is 18.2 Å². The van der Waals surface area contributed by atoms with Crippen LogP contribution in [0.3, 0.4) is 0 Å². The summed E-state index contributed by atoms with van der Waals surface area (Å²) in [5.41, 5.74) is 1.45. The first-order valence-electron chi connectivity index (χ1n) is 8.27. The van der Waals surface area contributed by atoms with Crippen molar-refractivity contribution in [1.29, 1.82) is 0 Å². The number of aliphatic hydroxyl groups is 1. The Hall–Kier alpha value is -3.07. The Kier molecular flexibility index (Phi) is 5.28. The molecule has 0 saturated heterocycles. The van der Waals surface area contributed by atoms with Crippen LogP contribution in [0.2, 0.25) is 0 Å². The number of oxime groups is 1. The van der Waals surface area contributed by atoms with Crippen LogP contribution >= 0.6 is 0 Å². The molecule has 0 aromatic heterocycles.